The van der Waals surface area contributed by atoms with Crippen LogP contribution in [0.5, 0.6) is 0 Å². The Labute approximate surface area is 160 Å². The lowest BCUT2D eigenvalue weighted by molar-refractivity contribution is 0.0512. The largest absolute Gasteiger partial charge is 0.461 e. The third kappa shape index (κ3) is 5.02. The minimum atomic E-state index is -0.558. The fraction of sp³-hybridized carbons (Fsp3) is 0.524. The van der Waals surface area contributed by atoms with E-state index in [0.29, 0.717) is 18.8 Å². The van der Waals surface area contributed by atoms with Crippen molar-refractivity contribution in [1.82, 2.24) is 9.88 Å². The van der Waals surface area contributed by atoms with Crippen molar-refractivity contribution >= 4 is 23.0 Å². The van der Waals surface area contributed by atoms with E-state index >= 15 is 0 Å². The first-order valence-corrected chi connectivity index (χ1v) is 9.29. The number of ether oxygens (including phenoxy) is 2. The summed E-state index contributed by atoms with van der Waals surface area (Å²) < 4.78 is 12.5. The molecule has 1 unspecified atom stereocenters. The van der Waals surface area contributed by atoms with Gasteiger partial charge in [-0.3, -0.25) is 0 Å². The molecular formula is C21H30N2O4. The van der Waals surface area contributed by atoms with Gasteiger partial charge in [0.15, 0.2) is 0 Å². The van der Waals surface area contributed by atoms with E-state index in [1.165, 1.54) is 0 Å². The Kier molecular flexibility index (Phi) is 6.19. The van der Waals surface area contributed by atoms with Crippen molar-refractivity contribution in [3.05, 3.63) is 35.0 Å². The van der Waals surface area contributed by atoms with Gasteiger partial charge in [-0.1, -0.05) is 6.07 Å². The van der Waals surface area contributed by atoms with Crippen LogP contribution in [0.3, 0.4) is 0 Å². The second-order valence-corrected chi connectivity index (χ2v) is 7.87. The Hall–Kier alpha value is -2.50. The zero-order chi connectivity index (χ0) is 20.4. The van der Waals surface area contributed by atoms with E-state index in [0.717, 1.165) is 22.0 Å². The molecule has 0 aliphatic heterocycles. The molecule has 0 saturated heterocycles. The average Bonchev–Trinajstić information content (AvgIpc) is 2.91. The predicted octanol–water partition coefficient (Wildman–Crippen LogP) is 4.52. The number of aryl methyl sites for hydroxylation is 2. The van der Waals surface area contributed by atoms with Crippen LogP contribution in [0.15, 0.2) is 18.2 Å². The minimum absolute atomic E-state index is 0.157. The summed E-state index contributed by atoms with van der Waals surface area (Å²) in [6.45, 7) is 13.9. The molecule has 6 heteroatoms. The molecule has 6 nitrogen and oxygen atoms in total. The van der Waals surface area contributed by atoms with Crippen LogP contribution in [0.25, 0.3) is 10.9 Å². The number of alkyl carbamates (subject to hydrolysis) is 1. The average molecular weight is 374 g/mol. The SMILES string of the molecule is CCOC(=O)c1cc2c(C)cc(C)cc2n1C(C)CNC(=O)OC(C)(C)C. The van der Waals surface area contributed by atoms with Gasteiger partial charge in [0.1, 0.15) is 11.3 Å². The number of fused-ring (bicyclic) bond motifs is 1. The van der Waals surface area contributed by atoms with Gasteiger partial charge >= 0.3 is 12.1 Å². The molecule has 1 atom stereocenters. The van der Waals surface area contributed by atoms with Crippen molar-refractivity contribution < 1.29 is 19.1 Å². The lowest BCUT2D eigenvalue weighted by atomic mass is 10.1. The number of amides is 1. The summed E-state index contributed by atoms with van der Waals surface area (Å²) in [5, 5.41) is 3.79. The predicted molar refractivity (Wildman–Crippen MR) is 106 cm³/mol. The van der Waals surface area contributed by atoms with Crippen molar-refractivity contribution in [2.45, 2.75) is 60.1 Å². The number of nitrogens with one attached hydrogen (secondary N) is 1. The number of hydrogen-bond donors (Lipinski definition) is 1. The Morgan fingerprint density at radius 3 is 2.44 bits per heavy atom. The maximum absolute atomic E-state index is 12.5. The molecule has 1 aromatic carbocycles. The summed E-state index contributed by atoms with van der Waals surface area (Å²) in [5.74, 6) is -0.366. The number of hydrogen-bond acceptors (Lipinski definition) is 4. The van der Waals surface area contributed by atoms with E-state index in [9.17, 15) is 9.59 Å². The van der Waals surface area contributed by atoms with Crippen LogP contribution in [0.2, 0.25) is 0 Å². The number of benzene rings is 1. The summed E-state index contributed by atoms with van der Waals surface area (Å²) in [6.07, 6.45) is -0.476. The van der Waals surface area contributed by atoms with Crippen LogP contribution < -0.4 is 5.32 Å². The first kappa shape index (κ1) is 20.8. The van der Waals surface area contributed by atoms with Crippen molar-refractivity contribution in [2.75, 3.05) is 13.2 Å². The van der Waals surface area contributed by atoms with E-state index in [4.69, 9.17) is 9.47 Å². The topological polar surface area (TPSA) is 69.6 Å². The van der Waals surface area contributed by atoms with E-state index in [1.54, 1.807) is 6.92 Å². The minimum Gasteiger partial charge on any atom is -0.461 e. The highest BCUT2D eigenvalue weighted by Crippen LogP contribution is 2.28. The maximum atomic E-state index is 12.5. The van der Waals surface area contributed by atoms with Crippen LogP contribution in [-0.4, -0.2) is 35.4 Å². The first-order chi connectivity index (χ1) is 12.5. The van der Waals surface area contributed by atoms with Crippen LogP contribution >= 0.6 is 0 Å². The standard InChI is InChI=1S/C21H30N2O4/c1-8-26-19(24)18-11-16-14(3)9-13(2)10-17(16)23(18)15(4)12-22-20(25)27-21(5,6)7/h9-11,15H,8,12H2,1-7H3,(H,22,25). The number of nitrogens with zero attached hydrogens (tertiary/aromatic N) is 1. The Morgan fingerprint density at radius 2 is 1.85 bits per heavy atom. The molecule has 148 valence electrons. The molecule has 27 heavy (non-hydrogen) atoms. The lowest BCUT2D eigenvalue weighted by Crippen LogP contribution is -2.35. The van der Waals surface area contributed by atoms with Gasteiger partial charge in [-0.05, 0) is 71.7 Å². The number of aromatic nitrogens is 1. The number of rotatable bonds is 5. The molecule has 2 rings (SSSR count). The molecule has 1 aromatic heterocycles. The van der Waals surface area contributed by atoms with Crippen molar-refractivity contribution in [2.24, 2.45) is 0 Å². The third-order valence-corrected chi connectivity index (χ3v) is 4.18. The van der Waals surface area contributed by atoms with Crippen LogP contribution in [0.1, 0.15) is 62.3 Å². The molecule has 0 aliphatic rings. The van der Waals surface area contributed by atoms with E-state index in [1.807, 2.05) is 52.2 Å². The first-order valence-electron chi connectivity index (χ1n) is 9.29. The summed E-state index contributed by atoms with van der Waals surface area (Å²) >= 11 is 0. The summed E-state index contributed by atoms with van der Waals surface area (Å²) in [5.41, 5.74) is 3.09. The second-order valence-electron chi connectivity index (χ2n) is 7.87. The molecule has 1 N–H and O–H groups in total. The lowest BCUT2D eigenvalue weighted by Gasteiger charge is -2.22. The van der Waals surface area contributed by atoms with E-state index in [2.05, 4.69) is 17.4 Å². The smallest absolute Gasteiger partial charge is 0.407 e. The van der Waals surface area contributed by atoms with Gasteiger partial charge in [0.25, 0.3) is 0 Å². The molecule has 0 fully saturated rings. The van der Waals surface area contributed by atoms with Crippen LogP contribution in [-0.2, 0) is 9.47 Å². The van der Waals surface area contributed by atoms with Gasteiger partial charge in [-0.15, -0.1) is 0 Å². The summed E-state index contributed by atoms with van der Waals surface area (Å²) in [7, 11) is 0. The highest BCUT2D eigenvalue weighted by Gasteiger charge is 2.23. The molecule has 0 aliphatic carbocycles. The van der Waals surface area contributed by atoms with E-state index < -0.39 is 11.7 Å². The normalized spacial score (nSPS) is 12.7. The molecule has 0 radical (unpaired) electrons. The van der Waals surface area contributed by atoms with Gasteiger partial charge in [-0.25, -0.2) is 9.59 Å². The monoisotopic (exact) mass is 374 g/mol. The Bertz CT molecular complexity index is 846. The third-order valence-electron chi connectivity index (χ3n) is 4.18. The van der Waals surface area contributed by atoms with Gasteiger partial charge in [-0.2, -0.15) is 0 Å². The summed E-state index contributed by atoms with van der Waals surface area (Å²) in [6, 6.07) is 5.85. The van der Waals surface area contributed by atoms with E-state index in [-0.39, 0.29) is 12.0 Å². The van der Waals surface area contributed by atoms with Gasteiger partial charge < -0.3 is 19.4 Å². The highest BCUT2D eigenvalue weighted by molar-refractivity contribution is 5.97. The molecule has 0 spiro atoms. The number of carbonyl (C=O) groups is 2. The van der Waals surface area contributed by atoms with Crippen LogP contribution in [0, 0.1) is 13.8 Å². The van der Waals surface area contributed by atoms with Gasteiger partial charge in [0.05, 0.1) is 6.61 Å². The Balaban J connectivity index is 2.37. The zero-order valence-corrected chi connectivity index (χ0v) is 17.3. The van der Waals surface area contributed by atoms with Crippen molar-refractivity contribution in [3.8, 4) is 0 Å². The van der Waals surface area contributed by atoms with Crippen molar-refractivity contribution in [1.29, 1.82) is 0 Å². The molecule has 1 amide bonds. The maximum Gasteiger partial charge on any atom is 0.407 e. The van der Waals surface area contributed by atoms with Crippen molar-refractivity contribution in [3.63, 3.8) is 0 Å². The molecule has 0 saturated carbocycles. The molecule has 0 bridgehead atoms. The quantitative estimate of drug-likeness (QED) is 0.781. The number of carbonyl (C=O) groups excluding carboxylic acids is 2. The van der Waals surface area contributed by atoms with Gasteiger partial charge in [0.2, 0.25) is 0 Å². The highest BCUT2D eigenvalue weighted by atomic mass is 16.6. The fourth-order valence-electron chi connectivity index (χ4n) is 3.15. The fourth-order valence-corrected chi connectivity index (χ4v) is 3.15. The van der Waals surface area contributed by atoms with Gasteiger partial charge in [0, 0.05) is 23.5 Å². The Morgan fingerprint density at radius 1 is 1.19 bits per heavy atom. The second kappa shape index (κ2) is 8.03. The summed E-state index contributed by atoms with van der Waals surface area (Å²) in [4.78, 5) is 24.5. The molecular weight excluding hydrogens is 344 g/mol. The number of esters is 1. The molecule has 1 heterocycles. The molecule has 2 aromatic rings. The van der Waals surface area contributed by atoms with Crippen LogP contribution in [0.4, 0.5) is 4.79 Å². The zero-order valence-electron chi connectivity index (χ0n) is 17.3.